The van der Waals surface area contributed by atoms with Crippen LogP contribution >= 0.6 is 33.9 Å². The molecule has 0 amide bonds. The summed E-state index contributed by atoms with van der Waals surface area (Å²) in [7, 11) is 0. The zero-order valence-electron chi connectivity index (χ0n) is 10.6. The zero-order chi connectivity index (χ0) is 13.7. The lowest BCUT2D eigenvalue weighted by atomic mass is 10.2. The van der Waals surface area contributed by atoms with Crippen molar-refractivity contribution in [2.24, 2.45) is 0 Å². The topological polar surface area (TPSA) is 37.8 Å². The summed E-state index contributed by atoms with van der Waals surface area (Å²) < 4.78 is 13.9. The number of nitrogens with zero attached hydrogens (tertiary/aromatic N) is 2. The lowest BCUT2D eigenvalue weighted by Crippen LogP contribution is -2.17. The van der Waals surface area contributed by atoms with E-state index in [9.17, 15) is 4.39 Å². The molecule has 1 heterocycles. The molecule has 1 aromatic heterocycles. The maximum absolute atomic E-state index is 13.1. The second kappa shape index (κ2) is 7.25. The second-order valence-electron chi connectivity index (χ2n) is 4.13. The van der Waals surface area contributed by atoms with Crippen molar-refractivity contribution in [3.63, 3.8) is 0 Å². The van der Waals surface area contributed by atoms with Gasteiger partial charge in [-0.15, -0.1) is 10.2 Å². The van der Waals surface area contributed by atoms with Crippen LogP contribution in [-0.2, 0) is 6.42 Å². The van der Waals surface area contributed by atoms with Gasteiger partial charge in [0.15, 0.2) is 0 Å². The normalized spacial score (nSPS) is 10.9. The highest BCUT2D eigenvalue weighted by atomic mass is 127. The van der Waals surface area contributed by atoms with E-state index in [4.69, 9.17) is 0 Å². The molecule has 0 unspecified atom stereocenters. The molecule has 0 bridgehead atoms. The van der Waals surface area contributed by atoms with Gasteiger partial charge in [0, 0.05) is 22.1 Å². The molecule has 2 rings (SSSR count). The smallest absolute Gasteiger partial charge is 0.148 e. The van der Waals surface area contributed by atoms with E-state index in [2.05, 4.69) is 45.0 Å². The summed E-state index contributed by atoms with van der Waals surface area (Å²) in [6.45, 7) is 4.09. The maximum atomic E-state index is 13.1. The molecule has 2 aromatic rings. The number of aromatic nitrogens is 2. The number of rotatable bonds is 6. The molecule has 1 N–H and O–H groups in total. The quantitative estimate of drug-likeness (QED) is 0.605. The van der Waals surface area contributed by atoms with E-state index < -0.39 is 0 Å². The Bertz CT molecular complexity index is 544. The van der Waals surface area contributed by atoms with Crippen molar-refractivity contribution in [3.8, 4) is 10.6 Å². The van der Waals surface area contributed by atoms with Crippen molar-refractivity contribution < 1.29 is 4.39 Å². The predicted octanol–water partition coefficient (Wildman–Crippen LogP) is 3.49. The van der Waals surface area contributed by atoms with Crippen LogP contribution < -0.4 is 5.32 Å². The van der Waals surface area contributed by atoms with E-state index >= 15 is 0 Å². The SMILES string of the molecule is CCCNCCc1nnc(-c2ccc(F)cc2I)s1. The van der Waals surface area contributed by atoms with Gasteiger partial charge in [-0.3, -0.25) is 0 Å². The highest BCUT2D eigenvalue weighted by Crippen LogP contribution is 2.28. The first-order valence-electron chi connectivity index (χ1n) is 6.19. The number of hydrogen-bond donors (Lipinski definition) is 1. The summed E-state index contributed by atoms with van der Waals surface area (Å²) >= 11 is 3.70. The van der Waals surface area contributed by atoms with Gasteiger partial charge in [0.25, 0.3) is 0 Å². The van der Waals surface area contributed by atoms with Crippen LogP contribution in [0, 0.1) is 9.39 Å². The number of nitrogens with one attached hydrogen (secondary N) is 1. The zero-order valence-corrected chi connectivity index (χ0v) is 13.6. The van der Waals surface area contributed by atoms with Crippen molar-refractivity contribution in [3.05, 3.63) is 32.6 Å². The molecule has 6 heteroatoms. The summed E-state index contributed by atoms with van der Waals surface area (Å²) in [4.78, 5) is 0. The lowest BCUT2D eigenvalue weighted by molar-refractivity contribution is 0.627. The average Bonchev–Trinajstić information content (AvgIpc) is 2.83. The van der Waals surface area contributed by atoms with Crippen molar-refractivity contribution >= 4 is 33.9 Å². The van der Waals surface area contributed by atoms with E-state index in [1.54, 1.807) is 17.4 Å². The van der Waals surface area contributed by atoms with E-state index in [-0.39, 0.29) is 5.82 Å². The summed E-state index contributed by atoms with van der Waals surface area (Å²) in [5.74, 6) is -0.221. The summed E-state index contributed by atoms with van der Waals surface area (Å²) in [5.41, 5.74) is 0.951. The summed E-state index contributed by atoms with van der Waals surface area (Å²) in [6.07, 6.45) is 2.02. The highest BCUT2D eigenvalue weighted by Gasteiger charge is 2.10. The van der Waals surface area contributed by atoms with Crippen LogP contribution in [0.4, 0.5) is 4.39 Å². The van der Waals surface area contributed by atoms with Crippen LogP contribution in [0.25, 0.3) is 10.6 Å². The molecule has 0 atom stereocenters. The summed E-state index contributed by atoms with van der Waals surface area (Å²) in [6, 6.07) is 4.73. The molecule has 0 fully saturated rings. The lowest BCUT2D eigenvalue weighted by Gasteiger charge is -2.00. The molecule has 19 heavy (non-hydrogen) atoms. The van der Waals surface area contributed by atoms with Crippen molar-refractivity contribution in [2.45, 2.75) is 19.8 Å². The van der Waals surface area contributed by atoms with Crippen molar-refractivity contribution in [2.75, 3.05) is 13.1 Å². The third-order valence-corrected chi connectivity index (χ3v) is 4.48. The van der Waals surface area contributed by atoms with Gasteiger partial charge < -0.3 is 5.32 Å². The standard InChI is InChI=1S/C13H15FIN3S/c1-2-6-16-7-5-12-17-18-13(19-12)10-4-3-9(14)8-11(10)15/h3-4,8,16H,2,5-7H2,1H3. The molecular formula is C13H15FIN3S. The van der Waals surface area contributed by atoms with Crippen LogP contribution in [-0.4, -0.2) is 23.3 Å². The number of benzene rings is 1. The van der Waals surface area contributed by atoms with E-state index in [1.807, 2.05) is 0 Å². The maximum Gasteiger partial charge on any atom is 0.148 e. The fraction of sp³-hybridized carbons (Fsp3) is 0.385. The first-order chi connectivity index (χ1) is 9.20. The van der Waals surface area contributed by atoms with Gasteiger partial charge in [-0.05, 0) is 53.8 Å². The van der Waals surface area contributed by atoms with E-state index in [0.717, 1.165) is 45.1 Å². The van der Waals surface area contributed by atoms with Gasteiger partial charge in [0.1, 0.15) is 15.8 Å². The molecule has 102 valence electrons. The molecule has 0 aliphatic heterocycles. The van der Waals surface area contributed by atoms with E-state index in [1.165, 1.54) is 12.1 Å². The minimum absolute atomic E-state index is 0.221. The minimum Gasteiger partial charge on any atom is -0.316 e. The van der Waals surface area contributed by atoms with Gasteiger partial charge in [-0.2, -0.15) is 0 Å². The first-order valence-corrected chi connectivity index (χ1v) is 8.08. The fourth-order valence-electron chi connectivity index (χ4n) is 1.62. The van der Waals surface area contributed by atoms with Gasteiger partial charge >= 0.3 is 0 Å². The average molecular weight is 391 g/mol. The van der Waals surface area contributed by atoms with Gasteiger partial charge in [0.05, 0.1) is 0 Å². The van der Waals surface area contributed by atoms with Gasteiger partial charge in [0.2, 0.25) is 0 Å². The molecular weight excluding hydrogens is 376 g/mol. The van der Waals surface area contributed by atoms with Gasteiger partial charge in [-0.1, -0.05) is 18.3 Å². The Balaban J connectivity index is 2.04. The van der Waals surface area contributed by atoms with Crippen LogP contribution in [0.2, 0.25) is 0 Å². The van der Waals surface area contributed by atoms with E-state index in [0.29, 0.717) is 0 Å². The Kier molecular flexibility index (Phi) is 5.65. The Morgan fingerprint density at radius 3 is 2.89 bits per heavy atom. The Hall–Kier alpha value is -0.600. The van der Waals surface area contributed by atoms with Gasteiger partial charge in [-0.25, -0.2) is 4.39 Å². The van der Waals surface area contributed by atoms with Crippen LogP contribution in [0.15, 0.2) is 18.2 Å². The van der Waals surface area contributed by atoms with Crippen LogP contribution in [0.3, 0.4) is 0 Å². The third kappa shape index (κ3) is 4.19. The van der Waals surface area contributed by atoms with Crippen LogP contribution in [0.1, 0.15) is 18.4 Å². The Labute approximate surface area is 129 Å². The predicted molar refractivity (Wildman–Crippen MR) is 84.9 cm³/mol. The van der Waals surface area contributed by atoms with Crippen molar-refractivity contribution in [1.29, 1.82) is 0 Å². The molecule has 0 spiro atoms. The first kappa shape index (κ1) is 14.8. The fourth-order valence-corrected chi connectivity index (χ4v) is 3.42. The summed E-state index contributed by atoms with van der Waals surface area (Å²) in [5, 5.41) is 13.6. The second-order valence-corrected chi connectivity index (χ2v) is 6.35. The molecule has 0 aliphatic rings. The highest BCUT2D eigenvalue weighted by molar-refractivity contribution is 14.1. The number of halogens is 2. The van der Waals surface area contributed by atoms with Crippen molar-refractivity contribution in [1.82, 2.24) is 15.5 Å². The Morgan fingerprint density at radius 1 is 1.32 bits per heavy atom. The molecule has 3 nitrogen and oxygen atoms in total. The molecule has 0 saturated heterocycles. The number of hydrogen-bond acceptors (Lipinski definition) is 4. The monoisotopic (exact) mass is 391 g/mol. The Morgan fingerprint density at radius 2 is 2.16 bits per heavy atom. The molecule has 0 aliphatic carbocycles. The molecule has 1 aromatic carbocycles. The largest absolute Gasteiger partial charge is 0.316 e. The third-order valence-electron chi connectivity index (χ3n) is 2.57. The van der Waals surface area contributed by atoms with Crippen LogP contribution in [0.5, 0.6) is 0 Å². The minimum atomic E-state index is -0.221. The molecule has 0 radical (unpaired) electrons. The molecule has 0 saturated carbocycles.